The second-order valence-electron chi connectivity index (χ2n) is 4.43. The molecule has 0 unspecified atom stereocenters. The fraction of sp³-hybridized carbons (Fsp3) is 0.417. The number of hydrogen-bond donors (Lipinski definition) is 0. The van der Waals surface area contributed by atoms with Crippen molar-refractivity contribution < 1.29 is 13.2 Å². The molecule has 0 fully saturated rings. The molecule has 0 aromatic carbocycles. The molecule has 0 saturated heterocycles. The zero-order valence-electron chi connectivity index (χ0n) is 11.1. The third kappa shape index (κ3) is 3.46. The predicted octanol–water partition coefficient (Wildman–Crippen LogP) is 1.91. The van der Waals surface area contributed by atoms with Crippen molar-refractivity contribution in [3.63, 3.8) is 0 Å². The summed E-state index contributed by atoms with van der Waals surface area (Å²) in [6, 6.07) is 0.860. The molecule has 0 N–H and O–H groups in total. The van der Waals surface area contributed by atoms with Crippen LogP contribution in [-0.4, -0.2) is 33.3 Å². The van der Waals surface area contributed by atoms with E-state index in [1.807, 2.05) is 13.2 Å². The second kappa shape index (κ2) is 5.48. The first kappa shape index (κ1) is 14.3. The summed E-state index contributed by atoms with van der Waals surface area (Å²) >= 11 is 0. The van der Waals surface area contributed by atoms with E-state index in [2.05, 4.69) is 15.1 Å². The molecule has 0 bridgehead atoms. The molecule has 0 spiro atoms. The Morgan fingerprint density at radius 1 is 1.35 bits per heavy atom. The molecule has 2 heterocycles. The molecule has 0 aliphatic heterocycles. The topological polar surface area (TPSA) is 46.8 Å². The summed E-state index contributed by atoms with van der Waals surface area (Å²) in [7, 11) is 3.47. The smallest absolute Gasteiger partial charge is 0.344 e. The first-order valence-corrected chi connectivity index (χ1v) is 5.95. The zero-order chi connectivity index (χ0) is 14.8. The number of anilines is 1. The van der Waals surface area contributed by atoms with Gasteiger partial charge in [-0.15, -0.1) is 0 Å². The van der Waals surface area contributed by atoms with Crippen molar-refractivity contribution in [3.8, 4) is 0 Å². The van der Waals surface area contributed by atoms with E-state index in [-0.39, 0.29) is 5.95 Å². The monoisotopic (exact) mass is 285 g/mol. The average Bonchev–Trinajstić information content (AvgIpc) is 2.81. The highest BCUT2D eigenvalue weighted by Crippen LogP contribution is 2.27. The van der Waals surface area contributed by atoms with E-state index in [0.717, 1.165) is 17.8 Å². The number of likely N-dealkylation sites (N-methyl/N-ethyl adjacent to an activating group) is 1. The van der Waals surface area contributed by atoms with Gasteiger partial charge in [0.1, 0.15) is 5.69 Å². The molecule has 5 nitrogen and oxygen atoms in total. The lowest BCUT2D eigenvalue weighted by Gasteiger charge is -2.17. The van der Waals surface area contributed by atoms with Gasteiger partial charge in [-0.3, -0.25) is 4.68 Å². The van der Waals surface area contributed by atoms with E-state index >= 15 is 0 Å². The predicted molar refractivity (Wildman–Crippen MR) is 67.2 cm³/mol. The maximum absolute atomic E-state index is 12.6. The van der Waals surface area contributed by atoms with Crippen LogP contribution in [0.1, 0.15) is 11.3 Å². The number of alkyl halides is 3. The number of aryl methyl sites for hydroxylation is 1. The maximum atomic E-state index is 12.6. The van der Waals surface area contributed by atoms with Crippen molar-refractivity contribution in [2.24, 2.45) is 7.05 Å². The first-order chi connectivity index (χ1) is 9.36. The Hall–Kier alpha value is -2.12. The van der Waals surface area contributed by atoms with E-state index < -0.39 is 11.9 Å². The van der Waals surface area contributed by atoms with Gasteiger partial charge in [0.25, 0.3) is 0 Å². The quantitative estimate of drug-likeness (QED) is 0.861. The molecule has 108 valence electrons. The van der Waals surface area contributed by atoms with Crippen LogP contribution in [0.25, 0.3) is 0 Å². The zero-order valence-corrected chi connectivity index (χ0v) is 11.1. The van der Waals surface area contributed by atoms with Crippen LogP contribution in [-0.2, 0) is 19.6 Å². The number of nitrogens with zero attached hydrogens (tertiary/aromatic N) is 5. The Kier molecular flexibility index (Phi) is 3.91. The van der Waals surface area contributed by atoms with E-state index in [9.17, 15) is 13.2 Å². The second-order valence-corrected chi connectivity index (χ2v) is 4.43. The maximum Gasteiger partial charge on any atom is 0.433 e. The molecule has 2 aromatic heterocycles. The van der Waals surface area contributed by atoms with Gasteiger partial charge < -0.3 is 4.90 Å². The lowest BCUT2D eigenvalue weighted by Crippen LogP contribution is -2.23. The Morgan fingerprint density at radius 3 is 2.70 bits per heavy atom. The van der Waals surface area contributed by atoms with E-state index in [0.29, 0.717) is 13.0 Å². The molecular formula is C12H14F3N5. The van der Waals surface area contributed by atoms with Gasteiger partial charge in [0.05, 0.1) is 6.20 Å². The van der Waals surface area contributed by atoms with E-state index in [4.69, 9.17) is 0 Å². The van der Waals surface area contributed by atoms with Crippen LogP contribution < -0.4 is 4.90 Å². The highest BCUT2D eigenvalue weighted by molar-refractivity contribution is 5.30. The Labute approximate surface area is 114 Å². The minimum absolute atomic E-state index is 0.0590. The Balaban J connectivity index is 2.03. The number of rotatable bonds is 4. The van der Waals surface area contributed by atoms with Crippen LogP contribution in [0.4, 0.5) is 19.1 Å². The van der Waals surface area contributed by atoms with Crippen molar-refractivity contribution >= 4 is 5.95 Å². The Bertz CT molecular complexity index is 578. The SMILES string of the molecule is CN(CCc1cnn(C)c1)c1nccc(C(F)(F)F)n1. The van der Waals surface area contributed by atoms with E-state index in [1.54, 1.807) is 22.8 Å². The summed E-state index contributed by atoms with van der Waals surface area (Å²) in [4.78, 5) is 8.98. The molecule has 0 amide bonds. The minimum atomic E-state index is -4.46. The van der Waals surface area contributed by atoms with Crippen LogP contribution in [0.15, 0.2) is 24.7 Å². The molecular weight excluding hydrogens is 271 g/mol. The first-order valence-electron chi connectivity index (χ1n) is 5.95. The molecule has 0 aliphatic carbocycles. The fourth-order valence-corrected chi connectivity index (χ4v) is 1.69. The summed E-state index contributed by atoms with van der Waals surface area (Å²) < 4.78 is 39.4. The van der Waals surface area contributed by atoms with Gasteiger partial charge in [-0.1, -0.05) is 0 Å². The van der Waals surface area contributed by atoms with Gasteiger partial charge in [-0.2, -0.15) is 18.3 Å². The van der Waals surface area contributed by atoms with Gasteiger partial charge in [-0.05, 0) is 18.1 Å². The fourth-order valence-electron chi connectivity index (χ4n) is 1.69. The normalized spacial score (nSPS) is 11.7. The third-order valence-electron chi connectivity index (χ3n) is 2.77. The van der Waals surface area contributed by atoms with Crippen molar-refractivity contribution in [3.05, 3.63) is 35.9 Å². The van der Waals surface area contributed by atoms with E-state index in [1.165, 1.54) is 0 Å². The number of hydrogen-bond acceptors (Lipinski definition) is 4. The Morgan fingerprint density at radius 2 is 2.10 bits per heavy atom. The summed E-state index contributed by atoms with van der Waals surface area (Å²) in [5, 5.41) is 4.03. The molecule has 0 radical (unpaired) electrons. The minimum Gasteiger partial charge on any atom is -0.344 e. The molecule has 2 aromatic rings. The van der Waals surface area contributed by atoms with Crippen LogP contribution in [0.2, 0.25) is 0 Å². The lowest BCUT2D eigenvalue weighted by molar-refractivity contribution is -0.141. The van der Waals surface area contributed by atoms with Crippen molar-refractivity contribution in [1.82, 2.24) is 19.7 Å². The van der Waals surface area contributed by atoms with Gasteiger partial charge in [0.15, 0.2) is 0 Å². The van der Waals surface area contributed by atoms with Crippen LogP contribution in [0, 0.1) is 0 Å². The highest BCUT2D eigenvalue weighted by Gasteiger charge is 2.33. The summed E-state index contributed by atoms with van der Waals surface area (Å²) in [5.74, 6) is 0.0590. The van der Waals surface area contributed by atoms with Crippen LogP contribution in [0.5, 0.6) is 0 Å². The number of halogens is 3. The van der Waals surface area contributed by atoms with Gasteiger partial charge in [0, 0.05) is 33.0 Å². The van der Waals surface area contributed by atoms with Gasteiger partial charge in [0.2, 0.25) is 5.95 Å². The lowest BCUT2D eigenvalue weighted by atomic mass is 10.2. The molecule has 20 heavy (non-hydrogen) atoms. The number of aromatic nitrogens is 4. The summed E-state index contributed by atoms with van der Waals surface area (Å²) in [6.45, 7) is 0.507. The molecule has 8 heteroatoms. The van der Waals surface area contributed by atoms with Crippen molar-refractivity contribution in [2.75, 3.05) is 18.5 Å². The standard InChI is InChI=1S/C12H14F3N5/c1-19(6-4-9-7-17-20(2)8-9)11-16-5-3-10(18-11)12(13,14)15/h3,5,7-8H,4,6H2,1-2H3. The average molecular weight is 285 g/mol. The van der Waals surface area contributed by atoms with Crippen molar-refractivity contribution in [1.29, 1.82) is 0 Å². The molecule has 0 aliphatic rings. The summed E-state index contributed by atoms with van der Waals surface area (Å²) in [6.07, 6.45) is 0.902. The molecule has 0 saturated carbocycles. The van der Waals surface area contributed by atoms with Crippen molar-refractivity contribution in [2.45, 2.75) is 12.6 Å². The van der Waals surface area contributed by atoms with Crippen LogP contribution >= 0.6 is 0 Å². The third-order valence-corrected chi connectivity index (χ3v) is 2.77. The van der Waals surface area contributed by atoms with Gasteiger partial charge in [-0.25, -0.2) is 9.97 Å². The van der Waals surface area contributed by atoms with Crippen LogP contribution in [0.3, 0.4) is 0 Å². The molecule has 0 atom stereocenters. The summed E-state index contributed by atoms with van der Waals surface area (Å²) in [5.41, 5.74) is 0.0713. The largest absolute Gasteiger partial charge is 0.433 e. The molecule has 2 rings (SSSR count). The van der Waals surface area contributed by atoms with Gasteiger partial charge >= 0.3 is 6.18 Å². The highest BCUT2D eigenvalue weighted by atomic mass is 19.4.